The lowest BCUT2D eigenvalue weighted by atomic mass is 9.95. The molecule has 0 unspecified atom stereocenters. The van der Waals surface area contributed by atoms with Crippen LogP contribution in [0.5, 0.6) is 0 Å². The molecule has 0 radical (unpaired) electrons. The van der Waals surface area contributed by atoms with Crippen LogP contribution in [0.2, 0.25) is 0 Å². The van der Waals surface area contributed by atoms with E-state index >= 15 is 0 Å². The molecule has 3 nitrogen and oxygen atoms in total. The lowest BCUT2D eigenvalue weighted by Gasteiger charge is -2.32. The van der Waals surface area contributed by atoms with E-state index in [1.54, 1.807) is 0 Å². The van der Waals surface area contributed by atoms with Crippen molar-refractivity contribution in [1.29, 1.82) is 0 Å². The van der Waals surface area contributed by atoms with E-state index in [0.717, 1.165) is 32.5 Å². The predicted octanol–water partition coefficient (Wildman–Crippen LogP) is 3.47. The van der Waals surface area contributed by atoms with Gasteiger partial charge in [-0.2, -0.15) is 0 Å². The highest BCUT2D eigenvalue weighted by Crippen LogP contribution is 2.32. The SMILES string of the molecule is CN1C(=O)[C@H]2CC[C@@H]1CN(Cc1ccc(-c3ccccc3)s1)C2. The number of amides is 1. The number of thiophene rings is 1. The monoisotopic (exact) mass is 326 g/mol. The zero-order valence-electron chi connectivity index (χ0n) is 13.4. The van der Waals surface area contributed by atoms with Crippen molar-refractivity contribution in [3.63, 3.8) is 0 Å². The Morgan fingerprint density at radius 3 is 2.74 bits per heavy atom. The number of fused-ring (bicyclic) bond motifs is 4. The van der Waals surface area contributed by atoms with Crippen LogP contribution < -0.4 is 0 Å². The smallest absolute Gasteiger partial charge is 0.227 e. The maximum atomic E-state index is 12.3. The van der Waals surface area contributed by atoms with Gasteiger partial charge in [-0.15, -0.1) is 11.3 Å². The Kier molecular flexibility index (Phi) is 3.95. The van der Waals surface area contributed by atoms with Crippen molar-refractivity contribution in [1.82, 2.24) is 9.80 Å². The van der Waals surface area contributed by atoms with Crippen molar-refractivity contribution < 1.29 is 4.79 Å². The molecule has 3 fully saturated rings. The fourth-order valence-corrected chi connectivity index (χ4v) is 4.87. The summed E-state index contributed by atoms with van der Waals surface area (Å²) in [5.41, 5.74) is 1.29. The van der Waals surface area contributed by atoms with E-state index in [9.17, 15) is 4.79 Å². The van der Waals surface area contributed by atoms with Crippen LogP contribution in [0.1, 0.15) is 17.7 Å². The van der Waals surface area contributed by atoms with Gasteiger partial charge in [0.05, 0.1) is 5.92 Å². The molecule has 2 aromatic rings. The van der Waals surface area contributed by atoms with Crippen molar-refractivity contribution in [2.45, 2.75) is 25.4 Å². The van der Waals surface area contributed by atoms with Gasteiger partial charge in [-0.3, -0.25) is 9.69 Å². The second-order valence-electron chi connectivity index (χ2n) is 6.70. The highest BCUT2D eigenvalue weighted by atomic mass is 32.1. The van der Waals surface area contributed by atoms with Crippen LogP contribution in [-0.2, 0) is 11.3 Å². The predicted molar refractivity (Wildman–Crippen MR) is 94.3 cm³/mol. The van der Waals surface area contributed by atoms with E-state index in [1.165, 1.54) is 15.3 Å². The lowest BCUT2D eigenvalue weighted by Crippen LogP contribution is -2.45. The first-order chi connectivity index (χ1) is 11.2. The highest BCUT2D eigenvalue weighted by molar-refractivity contribution is 7.15. The fraction of sp³-hybridized carbons (Fsp3) is 0.421. The van der Waals surface area contributed by atoms with Crippen molar-refractivity contribution in [2.75, 3.05) is 20.1 Å². The molecule has 5 rings (SSSR count). The molecule has 2 atom stereocenters. The normalized spacial score (nSPS) is 24.9. The van der Waals surface area contributed by atoms with E-state index in [1.807, 2.05) is 23.3 Å². The van der Waals surface area contributed by atoms with E-state index in [4.69, 9.17) is 0 Å². The van der Waals surface area contributed by atoms with Gasteiger partial charge in [-0.05, 0) is 30.5 Å². The first-order valence-corrected chi connectivity index (χ1v) is 9.15. The second-order valence-corrected chi connectivity index (χ2v) is 7.87. The number of likely N-dealkylation sites (N-methyl/N-ethyl adjacent to an activating group) is 1. The van der Waals surface area contributed by atoms with Crippen LogP contribution in [0.15, 0.2) is 42.5 Å². The maximum Gasteiger partial charge on any atom is 0.227 e. The molecule has 0 spiro atoms. The summed E-state index contributed by atoms with van der Waals surface area (Å²) in [7, 11) is 1.97. The maximum absolute atomic E-state index is 12.3. The molecule has 4 heterocycles. The lowest BCUT2D eigenvalue weighted by molar-refractivity contribution is -0.138. The minimum absolute atomic E-state index is 0.201. The minimum atomic E-state index is 0.201. The number of benzene rings is 1. The molecule has 0 aliphatic carbocycles. The summed E-state index contributed by atoms with van der Waals surface area (Å²) in [4.78, 5) is 19.5. The first-order valence-electron chi connectivity index (χ1n) is 8.34. The van der Waals surface area contributed by atoms with Crippen molar-refractivity contribution in [3.8, 4) is 10.4 Å². The van der Waals surface area contributed by atoms with Crippen molar-refractivity contribution in [3.05, 3.63) is 47.3 Å². The first kappa shape index (κ1) is 14.9. The quantitative estimate of drug-likeness (QED) is 0.862. The standard InChI is InChI=1S/C19H22N2OS/c1-20-16-8-7-15(19(20)22)11-21(12-16)13-17-9-10-18(23-17)14-5-3-2-4-6-14/h2-6,9-10,15-16H,7-8,11-13H2,1H3/t15-,16+/m0/s1. The molecule has 3 aliphatic rings. The summed E-state index contributed by atoms with van der Waals surface area (Å²) in [6, 6.07) is 15.4. The number of carbonyl (C=O) groups excluding carboxylic acids is 1. The molecule has 3 saturated heterocycles. The number of carbonyl (C=O) groups is 1. The Hall–Kier alpha value is -1.65. The van der Waals surface area contributed by atoms with Gasteiger partial charge in [0.15, 0.2) is 0 Å². The van der Waals surface area contributed by atoms with E-state index in [-0.39, 0.29) is 5.92 Å². The van der Waals surface area contributed by atoms with Gasteiger partial charge in [0, 0.05) is 42.5 Å². The molecule has 0 N–H and O–H groups in total. The number of piperidine rings is 1. The van der Waals surface area contributed by atoms with Crippen LogP contribution >= 0.6 is 11.3 Å². The number of rotatable bonds is 3. The zero-order chi connectivity index (χ0) is 15.8. The van der Waals surface area contributed by atoms with E-state index in [2.05, 4.69) is 47.4 Å². The van der Waals surface area contributed by atoms with Crippen LogP contribution in [-0.4, -0.2) is 41.9 Å². The molecule has 1 aromatic heterocycles. The summed E-state index contributed by atoms with van der Waals surface area (Å²) in [5.74, 6) is 0.548. The molecule has 1 amide bonds. The minimum Gasteiger partial charge on any atom is -0.341 e. The van der Waals surface area contributed by atoms with Crippen LogP contribution in [0.4, 0.5) is 0 Å². The average Bonchev–Trinajstić information content (AvgIpc) is 2.89. The number of hydrogen-bond acceptors (Lipinski definition) is 3. The molecule has 2 bridgehead atoms. The van der Waals surface area contributed by atoms with Gasteiger partial charge in [0.2, 0.25) is 5.91 Å². The second kappa shape index (κ2) is 6.10. The van der Waals surface area contributed by atoms with Crippen LogP contribution in [0.3, 0.4) is 0 Å². The van der Waals surface area contributed by atoms with Gasteiger partial charge in [0.25, 0.3) is 0 Å². The van der Waals surface area contributed by atoms with Gasteiger partial charge < -0.3 is 4.90 Å². The Morgan fingerprint density at radius 2 is 1.91 bits per heavy atom. The largest absolute Gasteiger partial charge is 0.341 e. The Bertz CT molecular complexity index is 696. The molecule has 4 heteroatoms. The van der Waals surface area contributed by atoms with E-state index < -0.39 is 0 Å². The van der Waals surface area contributed by atoms with Gasteiger partial charge >= 0.3 is 0 Å². The topological polar surface area (TPSA) is 23.6 Å². The van der Waals surface area contributed by atoms with Crippen molar-refractivity contribution in [2.24, 2.45) is 5.92 Å². The zero-order valence-corrected chi connectivity index (χ0v) is 14.3. The number of nitrogens with zero attached hydrogens (tertiary/aromatic N) is 2. The van der Waals surface area contributed by atoms with E-state index in [0.29, 0.717) is 11.9 Å². The summed E-state index contributed by atoms with van der Waals surface area (Å²) in [6.07, 6.45) is 2.22. The molecule has 120 valence electrons. The molecule has 23 heavy (non-hydrogen) atoms. The Morgan fingerprint density at radius 1 is 1.09 bits per heavy atom. The van der Waals surface area contributed by atoms with Crippen molar-refractivity contribution >= 4 is 17.2 Å². The third-order valence-corrected chi connectivity index (χ3v) is 6.26. The molecular formula is C19H22N2OS. The molecular weight excluding hydrogens is 304 g/mol. The summed E-state index contributed by atoms with van der Waals surface area (Å²) >= 11 is 1.87. The Labute approximate surface area is 141 Å². The average molecular weight is 326 g/mol. The number of hydrogen-bond donors (Lipinski definition) is 0. The van der Waals surface area contributed by atoms with Crippen LogP contribution in [0.25, 0.3) is 10.4 Å². The molecule has 0 saturated carbocycles. The highest BCUT2D eigenvalue weighted by Gasteiger charge is 2.38. The van der Waals surface area contributed by atoms with Gasteiger partial charge in [-0.25, -0.2) is 0 Å². The molecule has 3 aliphatic heterocycles. The summed E-state index contributed by atoms with van der Waals surface area (Å²) < 4.78 is 0. The summed E-state index contributed by atoms with van der Waals surface area (Å²) in [6.45, 7) is 2.89. The fourth-order valence-electron chi connectivity index (χ4n) is 3.82. The third-order valence-electron chi connectivity index (χ3n) is 5.14. The summed E-state index contributed by atoms with van der Waals surface area (Å²) in [5, 5.41) is 0. The van der Waals surface area contributed by atoms with Gasteiger partial charge in [-0.1, -0.05) is 30.3 Å². The van der Waals surface area contributed by atoms with Gasteiger partial charge in [0.1, 0.15) is 0 Å². The molecule has 1 aromatic carbocycles. The Balaban J connectivity index is 1.49. The van der Waals surface area contributed by atoms with Crippen LogP contribution in [0, 0.1) is 5.92 Å². The third kappa shape index (κ3) is 2.93.